The predicted molar refractivity (Wildman–Crippen MR) is 70.2 cm³/mol. The van der Waals surface area contributed by atoms with Gasteiger partial charge in [0.2, 0.25) is 0 Å². The second-order valence-corrected chi connectivity index (χ2v) is 5.70. The van der Waals surface area contributed by atoms with Gasteiger partial charge in [-0.3, -0.25) is 4.98 Å². The average molecular weight is 234 g/mol. The monoisotopic (exact) mass is 233 g/mol. The summed E-state index contributed by atoms with van der Waals surface area (Å²) in [6.45, 7) is 8.61. The highest BCUT2D eigenvalue weighted by Crippen LogP contribution is 2.30. The number of fused-ring (bicyclic) bond motifs is 1. The minimum Gasteiger partial charge on any atom is -0.254 e. The van der Waals surface area contributed by atoms with Crippen molar-refractivity contribution in [3.63, 3.8) is 0 Å². The Morgan fingerprint density at radius 1 is 1.12 bits per heavy atom. The molecule has 0 saturated carbocycles. The Morgan fingerprint density at radius 3 is 2.44 bits per heavy atom. The van der Waals surface area contributed by atoms with Gasteiger partial charge in [0.05, 0.1) is 10.5 Å². The van der Waals surface area contributed by atoms with E-state index in [2.05, 4.69) is 37.9 Å². The van der Waals surface area contributed by atoms with Gasteiger partial charge in [0.15, 0.2) is 0 Å². The molecule has 2 rings (SSSR count). The largest absolute Gasteiger partial charge is 0.254 e. The number of hydrogen-bond donors (Lipinski definition) is 0. The predicted octanol–water partition coefficient (Wildman–Crippen LogP) is 4.49. The lowest BCUT2D eigenvalue weighted by molar-refractivity contribution is 0.591. The van der Waals surface area contributed by atoms with Crippen LogP contribution in [-0.2, 0) is 5.41 Å². The molecule has 2 aromatic rings. The molecule has 0 amide bonds. The first-order chi connectivity index (χ1) is 7.38. The summed E-state index contributed by atoms with van der Waals surface area (Å²) in [6.07, 6.45) is 1.85. The summed E-state index contributed by atoms with van der Waals surface area (Å²) in [5, 5.41) is 1.86. The molecule has 1 nitrogen and oxygen atoms in total. The van der Waals surface area contributed by atoms with Gasteiger partial charge in [-0.2, -0.15) is 0 Å². The molecule has 0 aliphatic carbocycles. The van der Waals surface area contributed by atoms with Crippen molar-refractivity contribution >= 4 is 22.5 Å². The van der Waals surface area contributed by atoms with Crippen molar-refractivity contribution in [1.29, 1.82) is 0 Å². The fraction of sp³-hybridized carbons (Fsp3) is 0.357. The van der Waals surface area contributed by atoms with Crippen molar-refractivity contribution in [2.24, 2.45) is 0 Å². The molecule has 0 bridgehead atoms. The fourth-order valence-electron chi connectivity index (χ4n) is 1.75. The first-order valence-electron chi connectivity index (χ1n) is 5.44. The molecule has 0 N–H and O–H groups in total. The Bertz CT molecular complexity index is 538. The van der Waals surface area contributed by atoms with E-state index in [1.807, 2.05) is 19.2 Å². The van der Waals surface area contributed by atoms with Crippen molar-refractivity contribution in [2.75, 3.05) is 0 Å². The zero-order valence-electron chi connectivity index (χ0n) is 10.1. The highest BCUT2D eigenvalue weighted by Gasteiger charge is 2.15. The Labute approximate surface area is 101 Å². The van der Waals surface area contributed by atoms with Crippen LogP contribution < -0.4 is 0 Å². The van der Waals surface area contributed by atoms with Crippen LogP contribution in [-0.4, -0.2) is 4.98 Å². The quantitative estimate of drug-likeness (QED) is 0.653. The Hall–Kier alpha value is -1.08. The van der Waals surface area contributed by atoms with Gasteiger partial charge < -0.3 is 0 Å². The summed E-state index contributed by atoms with van der Waals surface area (Å²) < 4.78 is 0. The molecule has 0 atom stereocenters. The van der Waals surface area contributed by atoms with Crippen LogP contribution in [0.1, 0.15) is 31.9 Å². The lowest BCUT2D eigenvalue weighted by Gasteiger charge is -2.20. The van der Waals surface area contributed by atoms with Crippen LogP contribution in [0.15, 0.2) is 24.4 Å². The van der Waals surface area contributed by atoms with Crippen LogP contribution in [0.5, 0.6) is 0 Å². The summed E-state index contributed by atoms with van der Waals surface area (Å²) in [5.41, 5.74) is 3.41. The number of aromatic nitrogens is 1. The third-order valence-corrected chi connectivity index (χ3v) is 3.03. The van der Waals surface area contributed by atoms with Crippen molar-refractivity contribution < 1.29 is 0 Å². The van der Waals surface area contributed by atoms with Gasteiger partial charge >= 0.3 is 0 Å². The van der Waals surface area contributed by atoms with E-state index >= 15 is 0 Å². The van der Waals surface area contributed by atoms with Gasteiger partial charge in [0.25, 0.3) is 0 Å². The van der Waals surface area contributed by atoms with Crippen LogP contribution in [0.3, 0.4) is 0 Å². The summed E-state index contributed by atoms with van der Waals surface area (Å²) in [5.74, 6) is 0. The number of halogens is 1. The lowest BCUT2D eigenvalue weighted by atomic mass is 9.86. The summed E-state index contributed by atoms with van der Waals surface area (Å²) in [7, 11) is 0. The molecule has 1 heterocycles. The molecular formula is C14H16ClN. The Kier molecular flexibility index (Phi) is 2.67. The van der Waals surface area contributed by atoms with E-state index in [4.69, 9.17) is 11.6 Å². The summed E-state index contributed by atoms with van der Waals surface area (Å²) >= 11 is 6.26. The molecule has 0 aliphatic rings. The maximum Gasteiger partial charge on any atom is 0.0888 e. The Balaban J connectivity index is 2.75. The molecule has 1 aromatic carbocycles. The van der Waals surface area contributed by atoms with Gasteiger partial charge in [-0.05, 0) is 41.7 Å². The van der Waals surface area contributed by atoms with Crippen LogP contribution >= 0.6 is 11.6 Å². The lowest BCUT2D eigenvalue weighted by Crippen LogP contribution is -2.10. The zero-order chi connectivity index (χ0) is 11.9. The Morgan fingerprint density at radius 2 is 1.81 bits per heavy atom. The highest BCUT2D eigenvalue weighted by molar-refractivity contribution is 6.35. The smallest absolute Gasteiger partial charge is 0.0888 e. The number of rotatable bonds is 0. The van der Waals surface area contributed by atoms with Crippen LogP contribution in [0.2, 0.25) is 5.02 Å². The number of aryl methyl sites for hydroxylation is 1. The van der Waals surface area contributed by atoms with Gasteiger partial charge in [-0.25, -0.2) is 0 Å². The van der Waals surface area contributed by atoms with E-state index in [9.17, 15) is 0 Å². The van der Waals surface area contributed by atoms with E-state index < -0.39 is 0 Å². The molecule has 84 valence electrons. The van der Waals surface area contributed by atoms with Crippen LogP contribution in [0.25, 0.3) is 10.9 Å². The average Bonchev–Trinajstić information content (AvgIpc) is 2.15. The summed E-state index contributed by atoms with van der Waals surface area (Å²) in [6, 6.07) is 6.33. The van der Waals surface area contributed by atoms with E-state index in [1.165, 1.54) is 5.56 Å². The molecule has 0 unspecified atom stereocenters. The van der Waals surface area contributed by atoms with E-state index in [0.29, 0.717) is 0 Å². The molecule has 2 heteroatoms. The van der Waals surface area contributed by atoms with E-state index in [1.54, 1.807) is 0 Å². The molecule has 0 spiro atoms. The SMILES string of the molecule is Cc1cnc2c(Cl)cc(C(C)(C)C)cc2c1. The first-order valence-corrected chi connectivity index (χ1v) is 5.82. The summed E-state index contributed by atoms with van der Waals surface area (Å²) in [4.78, 5) is 4.37. The second-order valence-electron chi connectivity index (χ2n) is 5.29. The van der Waals surface area contributed by atoms with Crippen molar-refractivity contribution in [3.05, 3.63) is 40.5 Å². The number of nitrogens with zero attached hydrogens (tertiary/aromatic N) is 1. The molecule has 0 aliphatic heterocycles. The normalized spacial score (nSPS) is 12.1. The molecule has 0 radical (unpaired) electrons. The van der Waals surface area contributed by atoms with Crippen LogP contribution in [0, 0.1) is 6.92 Å². The minimum atomic E-state index is 0.113. The zero-order valence-corrected chi connectivity index (χ0v) is 10.9. The molecule has 0 fully saturated rings. The number of pyridine rings is 1. The maximum absolute atomic E-state index is 6.26. The standard InChI is InChI=1S/C14H16ClN/c1-9-5-10-6-11(14(2,3)4)7-12(15)13(10)16-8-9/h5-8H,1-4H3. The minimum absolute atomic E-state index is 0.113. The van der Waals surface area contributed by atoms with Crippen molar-refractivity contribution in [3.8, 4) is 0 Å². The van der Waals surface area contributed by atoms with Gasteiger partial charge in [0, 0.05) is 11.6 Å². The van der Waals surface area contributed by atoms with Crippen LogP contribution in [0.4, 0.5) is 0 Å². The van der Waals surface area contributed by atoms with E-state index in [0.717, 1.165) is 21.5 Å². The molecular weight excluding hydrogens is 218 g/mol. The number of benzene rings is 1. The van der Waals surface area contributed by atoms with E-state index in [-0.39, 0.29) is 5.41 Å². The fourth-order valence-corrected chi connectivity index (χ4v) is 2.02. The first kappa shape index (κ1) is 11.4. The van der Waals surface area contributed by atoms with Gasteiger partial charge in [-0.1, -0.05) is 32.4 Å². The number of hydrogen-bond acceptors (Lipinski definition) is 1. The molecule has 0 saturated heterocycles. The van der Waals surface area contributed by atoms with Crippen molar-refractivity contribution in [2.45, 2.75) is 33.1 Å². The second kappa shape index (κ2) is 3.74. The van der Waals surface area contributed by atoms with Crippen molar-refractivity contribution in [1.82, 2.24) is 4.98 Å². The van der Waals surface area contributed by atoms with Gasteiger partial charge in [-0.15, -0.1) is 0 Å². The molecule has 1 aromatic heterocycles. The third-order valence-electron chi connectivity index (χ3n) is 2.74. The third kappa shape index (κ3) is 2.05. The highest BCUT2D eigenvalue weighted by atomic mass is 35.5. The topological polar surface area (TPSA) is 12.9 Å². The van der Waals surface area contributed by atoms with Gasteiger partial charge in [0.1, 0.15) is 0 Å². The molecule has 16 heavy (non-hydrogen) atoms. The maximum atomic E-state index is 6.26.